The summed E-state index contributed by atoms with van der Waals surface area (Å²) in [6, 6.07) is 12.0. The van der Waals surface area contributed by atoms with Crippen LogP contribution in [0.2, 0.25) is 0 Å². The summed E-state index contributed by atoms with van der Waals surface area (Å²) in [5.74, 6) is -0.136. The summed E-state index contributed by atoms with van der Waals surface area (Å²) in [5.41, 5.74) is 3.44. The zero-order chi connectivity index (χ0) is 20.9. The van der Waals surface area contributed by atoms with Gasteiger partial charge in [-0.3, -0.25) is 4.79 Å². The van der Waals surface area contributed by atoms with Crippen LogP contribution in [0.15, 0.2) is 48.8 Å². The standard InChI is InChI=1S/C22H26N4O3/c1-22(2,3)29-21(28)25-12-9-19(27)26-14-15-5-4-6-16(13-15)17-7-10-23-20-18(17)8-11-24-20/h4-8,10-11,13H,9,12,14H2,1-3H3,(H,23,24)(H,25,28)(H,26,27). The molecule has 0 radical (unpaired) electrons. The normalized spacial score (nSPS) is 11.3. The van der Waals surface area contributed by atoms with Crippen LogP contribution >= 0.6 is 0 Å². The molecule has 0 aliphatic carbocycles. The maximum Gasteiger partial charge on any atom is 0.407 e. The van der Waals surface area contributed by atoms with Gasteiger partial charge >= 0.3 is 6.09 Å². The van der Waals surface area contributed by atoms with Crippen LogP contribution in [0.3, 0.4) is 0 Å². The molecule has 0 atom stereocenters. The molecule has 0 aliphatic rings. The summed E-state index contributed by atoms with van der Waals surface area (Å²) in [4.78, 5) is 31.1. The average molecular weight is 394 g/mol. The number of amides is 2. The Morgan fingerprint density at radius 2 is 1.97 bits per heavy atom. The first kappa shape index (κ1) is 20.4. The van der Waals surface area contributed by atoms with Crippen LogP contribution in [-0.4, -0.2) is 34.1 Å². The van der Waals surface area contributed by atoms with E-state index in [9.17, 15) is 9.59 Å². The van der Waals surface area contributed by atoms with Crippen LogP contribution in [0.1, 0.15) is 32.8 Å². The van der Waals surface area contributed by atoms with Gasteiger partial charge in [-0.25, -0.2) is 9.78 Å². The largest absolute Gasteiger partial charge is 0.444 e. The minimum absolute atomic E-state index is 0.136. The molecule has 0 unspecified atom stereocenters. The highest BCUT2D eigenvalue weighted by molar-refractivity contribution is 5.92. The van der Waals surface area contributed by atoms with Crippen molar-refractivity contribution in [3.8, 4) is 11.1 Å². The molecule has 3 rings (SSSR count). The maximum absolute atomic E-state index is 12.1. The number of ether oxygens (including phenoxy) is 1. The molecule has 7 nitrogen and oxygen atoms in total. The van der Waals surface area contributed by atoms with E-state index >= 15 is 0 Å². The number of H-pyrrole nitrogens is 1. The number of benzene rings is 1. The molecule has 2 aromatic heterocycles. The van der Waals surface area contributed by atoms with Crippen LogP contribution in [0, 0.1) is 0 Å². The Labute approximate surface area is 169 Å². The summed E-state index contributed by atoms with van der Waals surface area (Å²) in [7, 11) is 0. The van der Waals surface area contributed by atoms with E-state index in [1.807, 2.05) is 36.5 Å². The fraction of sp³-hybridized carbons (Fsp3) is 0.318. The first-order valence-electron chi connectivity index (χ1n) is 9.57. The second-order valence-electron chi connectivity index (χ2n) is 7.75. The summed E-state index contributed by atoms with van der Waals surface area (Å²) in [6.07, 6.45) is 3.32. The number of rotatable bonds is 6. The van der Waals surface area contributed by atoms with Crippen molar-refractivity contribution >= 4 is 23.0 Å². The van der Waals surface area contributed by atoms with E-state index in [-0.39, 0.29) is 18.9 Å². The van der Waals surface area contributed by atoms with Gasteiger partial charge in [0, 0.05) is 37.3 Å². The molecule has 0 spiro atoms. The fourth-order valence-corrected chi connectivity index (χ4v) is 2.94. The Morgan fingerprint density at radius 1 is 1.14 bits per heavy atom. The Kier molecular flexibility index (Phi) is 6.16. The Bertz CT molecular complexity index is 1000. The van der Waals surface area contributed by atoms with Gasteiger partial charge in [0.1, 0.15) is 11.2 Å². The van der Waals surface area contributed by atoms with Gasteiger partial charge in [-0.1, -0.05) is 18.2 Å². The molecule has 0 bridgehead atoms. The van der Waals surface area contributed by atoms with Gasteiger partial charge in [0.05, 0.1) is 0 Å². The molecule has 29 heavy (non-hydrogen) atoms. The van der Waals surface area contributed by atoms with Crippen LogP contribution < -0.4 is 10.6 Å². The molecule has 2 heterocycles. The minimum atomic E-state index is -0.557. The number of nitrogens with one attached hydrogen (secondary N) is 3. The molecule has 0 saturated carbocycles. The van der Waals surface area contributed by atoms with E-state index < -0.39 is 11.7 Å². The lowest BCUT2D eigenvalue weighted by Crippen LogP contribution is -2.35. The first-order chi connectivity index (χ1) is 13.8. The number of carbonyl (C=O) groups is 2. The van der Waals surface area contributed by atoms with Crippen molar-refractivity contribution in [2.45, 2.75) is 39.3 Å². The summed E-state index contributed by atoms with van der Waals surface area (Å²) < 4.78 is 5.14. The van der Waals surface area contributed by atoms with E-state index in [0.29, 0.717) is 6.54 Å². The quantitative estimate of drug-likeness (QED) is 0.593. The molecule has 0 fully saturated rings. The summed E-state index contributed by atoms with van der Waals surface area (Å²) in [5, 5.41) is 6.52. The van der Waals surface area contributed by atoms with E-state index in [1.165, 1.54) is 0 Å². The van der Waals surface area contributed by atoms with Gasteiger partial charge in [0.25, 0.3) is 0 Å². The molecular weight excluding hydrogens is 368 g/mol. The molecule has 0 saturated heterocycles. The maximum atomic E-state index is 12.1. The highest BCUT2D eigenvalue weighted by atomic mass is 16.6. The van der Waals surface area contributed by atoms with E-state index in [1.54, 1.807) is 27.0 Å². The Balaban J connectivity index is 1.53. The molecule has 7 heteroatoms. The van der Waals surface area contributed by atoms with Gasteiger partial charge in [-0.2, -0.15) is 0 Å². The third kappa shape index (κ3) is 5.81. The number of aromatic amines is 1. The number of hydrogen-bond donors (Lipinski definition) is 3. The van der Waals surface area contributed by atoms with Gasteiger partial charge in [0.2, 0.25) is 5.91 Å². The number of carbonyl (C=O) groups excluding carboxylic acids is 2. The Hall–Kier alpha value is -3.35. The number of alkyl carbamates (subject to hydrolysis) is 1. The lowest BCUT2D eigenvalue weighted by atomic mass is 10.0. The van der Waals surface area contributed by atoms with E-state index in [0.717, 1.165) is 27.7 Å². The van der Waals surface area contributed by atoms with Gasteiger partial charge < -0.3 is 20.4 Å². The average Bonchev–Trinajstić information content (AvgIpc) is 3.14. The highest BCUT2D eigenvalue weighted by Gasteiger charge is 2.15. The minimum Gasteiger partial charge on any atom is -0.444 e. The second kappa shape index (κ2) is 8.77. The van der Waals surface area contributed by atoms with Crippen molar-refractivity contribution in [3.63, 3.8) is 0 Å². The van der Waals surface area contributed by atoms with Crippen molar-refractivity contribution in [3.05, 3.63) is 54.4 Å². The van der Waals surface area contributed by atoms with Crippen LogP contribution in [0.25, 0.3) is 22.2 Å². The van der Waals surface area contributed by atoms with Crippen molar-refractivity contribution in [2.75, 3.05) is 6.54 Å². The monoisotopic (exact) mass is 394 g/mol. The highest BCUT2D eigenvalue weighted by Crippen LogP contribution is 2.27. The molecule has 2 amide bonds. The summed E-state index contributed by atoms with van der Waals surface area (Å²) >= 11 is 0. The van der Waals surface area contributed by atoms with Crippen LogP contribution in [0.4, 0.5) is 4.79 Å². The molecule has 3 aromatic rings. The van der Waals surface area contributed by atoms with E-state index in [2.05, 4.69) is 26.7 Å². The van der Waals surface area contributed by atoms with Crippen molar-refractivity contribution in [1.82, 2.24) is 20.6 Å². The second-order valence-corrected chi connectivity index (χ2v) is 7.75. The lowest BCUT2D eigenvalue weighted by Gasteiger charge is -2.19. The van der Waals surface area contributed by atoms with Crippen LogP contribution in [-0.2, 0) is 16.1 Å². The van der Waals surface area contributed by atoms with Gasteiger partial charge in [-0.15, -0.1) is 0 Å². The topological polar surface area (TPSA) is 96.1 Å². The third-order valence-corrected chi connectivity index (χ3v) is 4.21. The molecule has 1 aromatic carbocycles. The third-order valence-electron chi connectivity index (χ3n) is 4.21. The number of fused-ring (bicyclic) bond motifs is 1. The smallest absolute Gasteiger partial charge is 0.407 e. The van der Waals surface area contributed by atoms with E-state index in [4.69, 9.17) is 4.74 Å². The van der Waals surface area contributed by atoms with Crippen LogP contribution in [0.5, 0.6) is 0 Å². The number of nitrogens with zero attached hydrogens (tertiary/aromatic N) is 1. The zero-order valence-corrected chi connectivity index (χ0v) is 16.9. The summed E-state index contributed by atoms with van der Waals surface area (Å²) in [6.45, 7) is 6.02. The zero-order valence-electron chi connectivity index (χ0n) is 16.9. The van der Waals surface area contributed by atoms with Crippen molar-refractivity contribution < 1.29 is 14.3 Å². The first-order valence-corrected chi connectivity index (χ1v) is 9.57. The fourth-order valence-electron chi connectivity index (χ4n) is 2.94. The lowest BCUT2D eigenvalue weighted by molar-refractivity contribution is -0.121. The SMILES string of the molecule is CC(C)(C)OC(=O)NCCC(=O)NCc1cccc(-c2ccnc3[nH]ccc23)c1. The van der Waals surface area contributed by atoms with Gasteiger partial charge in [0.15, 0.2) is 0 Å². The molecule has 0 aliphatic heterocycles. The molecular formula is C22H26N4O3. The number of pyridine rings is 1. The van der Waals surface area contributed by atoms with Crippen molar-refractivity contribution in [2.24, 2.45) is 0 Å². The predicted molar refractivity (Wildman–Crippen MR) is 112 cm³/mol. The molecule has 3 N–H and O–H groups in total. The number of hydrogen-bond acceptors (Lipinski definition) is 4. The Morgan fingerprint density at radius 3 is 2.76 bits per heavy atom. The molecule has 152 valence electrons. The van der Waals surface area contributed by atoms with Crippen molar-refractivity contribution in [1.29, 1.82) is 0 Å². The number of aromatic nitrogens is 2. The van der Waals surface area contributed by atoms with Gasteiger partial charge in [-0.05, 0) is 55.7 Å². The predicted octanol–water partition coefficient (Wildman–Crippen LogP) is 3.76.